The summed E-state index contributed by atoms with van der Waals surface area (Å²) in [5.74, 6) is 0. The highest BCUT2D eigenvalue weighted by Gasteiger charge is 2.24. The topological polar surface area (TPSA) is 29.4 Å². The van der Waals surface area contributed by atoms with E-state index in [0.717, 1.165) is 22.9 Å². The van der Waals surface area contributed by atoms with Crippen LogP contribution in [0.4, 0.5) is 0 Å². The smallest absolute Gasteiger partial charge is 0.117 e. The number of hydrogen-bond donors (Lipinski definition) is 0. The highest BCUT2D eigenvalue weighted by Crippen LogP contribution is 2.37. The number of halogens is 1. The molecule has 0 saturated carbocycles. The molecule has 62 valence electrons. The normalized spacial score (nSPS) is 20.6. The summed E-state index contributed by atoms with van der Waals surface area (Å²) in [6.45, 7) is 0. The second-order valence-corrected chi connectivity index (χ2v) is 3.82. The third kappa shape index (κ3) is 1.08. The fourth-order valence-corrected chi connectivity index (χ4v) is 2.28. The quantitative estimate of drug-likeness (QED) is 0.676. The summed E-state index contributed by atoms with van der Waals surface area (Å²) < 4.78 is 1.10. The first-order valence-electron chi connectivity index (χ1n) is 3.92. The van der Waals surface area contributed by atoms with Gasteiger partial charge in [0.25, 0.3) is 0 Å². The Balaban J connectivity index is 2.52. The molecule has 2 rings (SSSR count). The van der Waals surface area contributed by atoms with Crippen LogP contribution in [0.3, 0.4) is 0 Å². The van der Waals surface area contributed by atoms with Crippen LogP contribution >= 0.6 is 15.9 Å². The zero-order valence-electron chi connectivity index (χ0n) is 6.46. The minimum absolute atomic E-state index is 0.113. The van der Waals surface area contributed by atoms with E-state index >= 15 is 0 Å². The van der Waals surface area contributed by atoms with Crippen LogP contribution in [0.25, 0.3) is 0 Å². The van der Waals surface area contributed by atoms with Crippen molar-refractivity contribution in [2.75, 3.05) is 0 Å². The molecule has 1 atom stereocenters. The molecule has 0 fully saturated rings. The predicted octanol–water partition coefficient (Wildman–Crippen LogP) is 3.20. The predicted molar refractivity (Wildman–Crippen MR) is 51.0 cm³/mol. The van der Waals surface area contributed by atoms with E-state index in [1.807, 2.05) is 18.2 Å². The number of hydrogen-bond acceptors (Lipinski definition) is 2. The van der Waals surface area contributed by atoms with Gasteiger partial charge in [-0.3, -0.25) is 0 Å². The molecule has 0 saturated heterocycles. The van der Waals surface area contributed by atoms with Crippen LogP contribution in [0.5, 0.6) is 0 Å². The van der Waals surface area contributed by atoms with Crippen LogP contribution in [0.15, 0.2) is 27.8 Å². The molecule has 1 aliphatic carbocycles. The fraction of sp³-hybridized carbons (Fsp3) is 0.333. The highest BCUT2D eigenvalue weighted by molar-refractivity contribution is 9.10. The number of benzene rings is 1. The van der Waals surface area contributed by atoms with Gasteiger partial charge < -0.3 is 0 Å². The number of nitrogens with zero attached hydrogens (tertiary/aromatic N) is 1. The van der Waals surface area contributed by atoms with Gasteiger partial charge in [-0.1, -0.05) is 33.2 Å². The Bertz CT molecular complexity index is 324. The Labute approximate surface area is 79.1 Å². The van der Waals surface area contributed by atoms with Crippen LogP contribution < -0.4 is 0 Å². The van der Waals surface area contributed by atoms with Gasteiger partial charge in [0.15, 0.2) is 0 Å². The van der Waals surface area contributed by atoms with Crippen molar-refractivity contribution in [1.82, 2.24) is 0 Å². The number of nitroso groups, excluding NO2 is 1. The fourth-order valence-electron chi connectivity index (χ4n) is 1.70. The van der Waals surface area contributed by atoms with Gasteiger partial charge in [-0.2, -0.15) is 4.91 Å². The molecular formula is C9H8BrNO. The van der Waals surface area contributed by atoms with Crippen LogP contribution in [-0.2, 0) is 6.42 Å². The maximum Gasteiger partial charge on any atom is 0.117 e. The highest BCUT2D eigenvalue weighted by atomic mass is 79.9. The Kier molecular flexibility index (Phi) is 1.97. The van der Waals surface area contributed by atoms with Gasteiger partial charge in [0, 0.05) is 4.47 Å². The third-order valence-electron chi connectivity index (χ3n) is 2.31. The van der Waals surface area contributed by atoms with E-state index in [9.17, 15) is 4.91 Å². The van der Waals surface area contributed by atoms with Crippen molar-refractivity contribution < 1.29 is 0 Å². The molecule has 0 heterocycles. The van der Waals surface area contributed by atoms with Crippen molar-refractivity contribution in [3.63, 3.8) is 0 Å². The summed E-state index contributed by atoms with van der Waals surface area (Å²) in [7, 11) is 0. The van der Waals surface area contributed by atoms with Gasteiger partial charge in [0.1, 0.15) is 6.04 Å². The van der Waals surface area contributed by atoms with Crippen molar-refractivity contribution in [2.24, 2.45) is 5.18 Å². The van der Waals surface area contributed by atoms with Crippen molar-refractivity contribution in [3.8, 4) is 0 Å². The minimum atomic E-state index is -0.113. The Morgan fingerprint density at radius 3 is 3.08 bits per heavy atom. The molecule has 1 aliphatic rings. The molecule has 1 aromatic rings. The SMILES string of the molecule is O=NC1CCc2c(Br)cccc21. The summed E-state index contributed by atoms with van der Waals surface area (Å²) in [4.78, 5) is 10.4. The van der Waals surface area contributed by atoms with Gasteiger partial charge in [0.2, 0.25) is 0 Å². The van der Waals surface area contributed by atoms with Gasteiger partial charge in [-0.25, -0.2) is 0 Å². The number of fused-ring (bicyclic) bond motifs is 1. The van der Waals surface area contributed by atoms with E-state index in [1.165, 1.54) is 5.56 Å². The molecule has 0 N–H and O–H groups in total. The summed E-state index contributed by atoms with van der Waals surface area (Å²) in [6.07, 6.45) is 1.83. The van der Waals surface area contributed by atoms with Crippen LogP contribution in [-0.4, -0.2) is 0 Å². The van der Waals surface area contributed by atoms with E-state index < -0.39 is 0 Å². The third-order valence-corrected chi connectivity index (χ3v) is 3.05. The van der Waals surface area contributed by atoms with Crippen molar-refractivity contribution in [3.05, 3.63) is 38.7 Å². The monoisotopic (exact) mass is 225 g/mol. The second kappa shape index (κ2) is 2.98. The van der Waals surface area contributed by atoms with E-state index in [2.05, 4.69) is 21.1 Å². The van der Waals surface area contributed by atoms with Gasteiger partial charge >= 0.3 is 0 Å². The Hall–Kier alpha value is -0.700. The molecule has 3 heteroatoms. The van der Waals surface area contributed by atoms with Crippen molar-refractivity contribution >= 4 is 15.9 Å². The van der Waals surface area contributed by atoms with E-state index in [-0.39, 0.29) is 6.04 Å². The molecule has 0 spiro atoms. The minimum Gasteiger partial charge on any atom is -0.150 e. The summed E-state index contributed by atoms with van der Waals surface area (Å²) in [5, 5.41) is 3.10. The lowest BCUT2D eigenvalue weighted by Gasteiger charge is -2.02. The lowest BCUT2D eigenvalue weighted by Crippen LogP contribution is -1.87. The maximum atomic E-state index is 10.4. The van der Waals surface area contributed by atoms with E-state index in [0.29, 0.717) is 0 Å². The van der Waals surface area contributed by atoms with Crippen molar-refractivity contribution in [2.45, 2.75) is 18.9 Å². The van der Waals surface area contributed by atoms with Crippen LogP contribution in [0.1, 0.15) is 23.6 Å². The van der Waals surface area contributed by atoms with Crippen LogP contribution in [0.2, 0.25) is 0 Å². The standard InChI is InChI=1S/C9H8BrNO/c10-8-3-1-2-7-6(8)4-5-9(7)11-12/h1-3,9H,4-5H2. The Morgan fingerprint density at radius 2 is 2.33 bits per heavy atom. The van der Waals surface area contributed by atoms with Gasteiger partial charge in [-0.05, 0) is 30.0 Å². The molecule has 0 radical (unpaired) electrons. The average molecular weight is 226 g/mol. The molecule has 0 aliphatic heterocycles. The zero-order chi connectivity index (χ0) is 8.55. The molecule has 1 unspecified atom stereocenters. The van der Waals surface area contributed by atoms with Crippen LogP contribution in [0, 0.1) is 4.91 Å². The van der Waals surface area contributed by atoms with E-state index in [4.69, 9.17) is 0 Å². The lowest BCUT2D eigenvalue weighted by molar-refractivity contribution is 0.710. The Morgan fingerprint density at radius 1 is 1.50 bits per heavy atom. The lowest BCUT2D eigenvalue weighted by atomic mass is 10.1. The molecule has 0 bridgehead atoms. The molecular weight excluding hydrogens is 218 g/mol. The second-order valence-electron chi connectivity index (χ2n) is 2.97. The van der Waals surface area contributed by atoms with Crippen molar-refractivity contribution in [1.29, 1.82) is 0 Å². The summed E-state index contributed by atoms with van der Waals surface area (Å²) in [6, 6.07) is 5.83. The molecule has 0 aromatic heterocycles. The molecule has 2 nitrogen and oxygen atoms in total. The van der Waals surface area contributed by atoms with E-state index in [1.54, 1.807) is 0 Å². The zero-order valence-corrected chi connectivity index (χ0v) is 8.04. The maximum absolute atomic E-state index is 10.4. The molecule has 1 aromatic carbocycles. The van der Waals surface area contributed by atoms with Gasteiger partial charge in [0.05, 0.1) is 0 Å². The summed E-state index contributed by atoms with van der Waals surface area (Å²) >= 11 is 3.46. The first-order valence-corrected chi connectivity index (χ1v) is 4.72. The molecule has 0 amide bonds. The first-order chi connectivity index (χ1) is 5.83. The largest absolute Gasteiger partial charge is 0.150 e. The average Bonchev–Trinajstić information content (AvgIpc) is 2.49. The van der Waals surface area contributed by atoms with Gasteiger partial charge in [-0.15, -0.1) is 0 Å². The first kappa shape index (κ1) is 7.92. The summed E-state index contributed by atoms with van der Waals surface area (Å²) in [5.41, 5.74) is 2.35. The number of rotatable bonds is 1. The molecule has 12 heavy (non-hydrogen) atoms.